The number of rotatable bonds is 3. The van der Waals surface area contributed by atoms with E-state index in [1.807, 2.05) is 4.08 Å². The predicted molar refractivity (Wildman–Crippen MR) is 40.9 cm³/mol. The summed E-state index contributed by atoms with van der Waals surface area (Å²) in [7, 11) is 0. The number of hydrogen-bond donors (Lipinski definition) is 2. The van der Waals surface area contributed by atoms with Crippen LogP contribution in [0.4, 0.5) is 0 Å². The summed E-state index contributed by atoms with van der Waals surface area (Å²) in [6.45, 7) is -0.152. The second kappa shape index (κ2) is 5.53. The fourth-order valence-electron chi connectivity index (χ4n) is 0.283. The molecule has 0 aromatic heterocycles. The van der Waals surface area contributed by atoms with Gasteiger partial charge in [-0.05, 0) is 10.5 Å². The Hall–Kier alpha value is 0.390. The molecule has 0 aromatic rings. The molecule has 0 aliphatic carbocycles. The van der Waals surface area contributed by atoms with Gasteiger partial charge in [0.25, 0.3) is 0 Å². The van der Waals surface area contributed by atoms with Gasteiger partial charge in [0.05, 0.1) is 12.7 Å². The van der Waals surface area contributed by atoms with E-state index in [4.69, 9.17) is 10.2 Å². The molecule has 0 fully saturated rings. The molecule has 0 aliphatic rings. The van der Waals surface area contributed by atoms with Crippen LogP contribution < -0.4 is 0 Å². The van der Waals surface area contributed by atoms with Gasteiger partial charge in [0, 0.05) is 0 Å². The van der Waals surface area contributed by atoms with E-state index in [0.717, 1.165) is 0 Å². The summed E-state index contributed by atoms with van der Waals surface area (Å²) in [5.41, 5.74) is 0. The van der Waals surface area contributed by atoms with Crippen molar-refractivity contribution in [2.75, 3.05) is 6.61 Å². The summed E-state index contributed by atoms with van der Waals surface area (Å²) in [5.74, 6) is 0. The lowest BCUT2D eigenvalue weighted by Gasteiger charge is -1.99. The maximum absolute atomic E-state index is 8.68. The van der Waals surface area contributed by atoms with E-state index in [2.05, 4.69) is 22.6 Å². The van der Waals surface area contributed by atoms with Crippen LogP contribution >= 0.6 is 22.6 Å². The standard InChI is InChI=1S/C5H9IO2/c6-3-1-2-5(8)4-7/h1,3,5,7-8H,2,4H2/b3-1+/t5-/m1/s1. The van der Waals surface area contributed by atoms with Gasteiger partial charge in [-0.25, -0.2) is 0 Å². The van der Waals surface area contributed by atoms with Crippen LogP contribution in [-0.2, 0) is 0 Å². The highest BCUT2D eigenvalue weighted by Crippen LogP contribution is 1.93. The third-order valence-corrected chi connectivity index (χ3v) is 1.22. The molecule has 2 nitrogen and oxygen atoms in total. The van der Waals surface area contributed by atoms with Crippen molar-refractivity contribution >= 4 is 22.6 Å². The van der Waals surface area contributed by atoms with Crippen molar-refractivity contribution in [2.24, 2.45) is 0 Å². The van der Waals surface area contributed by atoms with Gasteiger partial charge in [-0.15, -0.1) is 0 Å². The maximum atomic E-state index is 8.68. The Bertz CT molecular complexity index is 72.8. The van der Waals surface area contributed by atoms with Crippen molar-refractivity contribution in [1.82, 2.24) is 0 Å². The Balaban J connectivity index is 3.10. The van der Waals surface area contributed by atoms with Crippen molar-refractivity contribution in [3.05, 3.63) is 10.2 Å². The lowest BCUT2D eigenvalue weighted by Crippen LogP contribution is -2.09. The van der Waals surface area contributed by atoms with E-state index in [0.29, 0.717) is 6.42 Å². The average molecular weight is 228 g/mol. The first-order valence-electron chi connectivity index (χ1n) is 2.35. The first-order valence-corrected chi connectivity index (χ1v) is 3.60. The fraction of sp³-hybridized carbons (Fsp3) is 0.600. The molecule has 0 bridgehead atoms. The van der Waals surface area contributed by atoms with Crippen molar-refractivity contribution in [3.63, 3.8) is 0 Å². The van der Waals surface area contributed by atoms with Crippen LogP contribution in [0, 0.1) is 0 Å². The molecule has 0 aliphatic heterocycles. The largest absolute Gasteiger partial charge is 0.394 e. The van der Waals surface area contributed by atoms with Gasteiger partial charge in [-0.3, -0.25) is 0 Å². The summed E-state index contributed by atoms with van der Waals surface area (Å²) < 4.78 is 1.82. The smallest absolute Gasteiger partial charge is 0.0805 e. The monoisotopic (exact) mass is 228 g/mol. The average Bonchev–Trinajstić information content (AvgIpc) is 1.83. The molecular formula is C5H9IO2. The number of hydrogen-bond acceptors (Lipinski definition) is 2. The Morgan fingerprint density at radius 1 is 1.62 bits per heavy atom. The molecule has 0 spiro atoms. The Labute approximate surface area is 62.4 Å². The molecule has 2 N–H and O–H groups in total. The molecule has 0 rings (SSSR count). The third kappa shape index (κ3) is 4.55. The van der Waals surface area contributed by atoms with E-state index in [9.17, 15) is 0 Å². The van der Waals surface area contributed by atoms with Crippen LogP contribution in [0.25, 0.3) is 0 Å². The maximum Gasteiger partial charge on any atom is 0.0805 e. The highest BCUT2D eigenvalue weighted by atomic mass is 127. The summed E-state index contributed by atoms with van der Waals surface area (Å²) in [6, 6.07) is 0. The van der Waals surface area contributed by atoms with Crippen LogP contribution in [0.1, 0.15) is 6.42 Å². The van der Waals surface area contributed by atoms with Gasteiger partial charge >= 0.3 is 0 Å². The minimum atomic E-state index is -0.582. The highest BCUT2D eigenvalue weighted by Gasteiger charge is 1.94. The van der Waals surface area contributed by atoms with Crippen molar-refractivity contribution in [3.8, 4) is 0 Å². The SMILES string of the molecule is OC[C@H](O)C/C=C/I. The molecule has 3 heteroatoms. The molecule has 0 unspecified atom stereocenters. The number of halogens is 1. The zero-order chi connectivity index (χ0) is 6.41. The van der Waals surface area contributed by atoms with Crippen molar-refractivity contribution in [1.29, 1.82) is 0 Å². The number of aliphatic hydroxyl groups is 2. The van der Waals surface area contributed by atoms with Gasteiger partial charge in [0.15, 0.2) is 0 Å². The van der Waals surface area contributed by atoms with Crippen LogP contribution in [0.5, 0.6) is 0 Å². The molecule has 48 valence electrons. The molecule has 0 radical (unpaired) electrons. The fourth-order valence-corrected chi connectivity index (χ4v) is 0.577. The summed E-state index contributed by atoms with van der Waals surface area (Å²) in [4.78, 5) is 0. The second-order valence-corrected chi connectivity index (χ2v) is 2.15. The molecule has 0 saturated carbocycles. The Morgan fingerprint density at radius 2 is 2.25 bits per heavy atom. The molecular weight excluding hydrogens is 219 g/mol. The van der Waals surface area contributed by atoms with E-state index < -0.39 is 6.10 Å². The van der Waals surface area contributed by atoms with Crippen LogP contribution in [0.15, 0.2) is 10.2 Å². The predicted octanol–water partition coefficient (Wildman–Crippen LogP) is 0.678. The van der Waals surface area contributed by atoms with E-state index in [-0.39, 0.29) is 6.61 Å². The molecule has 0 heterocycles. The van der Waals surface area contributed by atoms with Crippen molar-refractivity contribution in [2.45, 2.75) is 12.5 Å². The highest BCUT2D eigenvalue weighted by molar-refractivity contribution is 14.1. The molecule has 0 saturated heterocycles. The topological polar surface area (TPSA) is 40.5 Å². The lowest BCUT2D eigenvalue weighted by molar-refractivity contribution is 0.0976. The van der Waals surface area contributed by atoms with Crippen LogP contribution in [-0.4, -0.2) is 22.9 Å². The summed E-state index contributed by atoms with van der Waals surface area (Å²) in [6.07, 6.45) is 1.77. The van der Waals surface area contributed by atoms with Crippen LogP contribution in [0.2, 0.25) is 0 Å². The normalized spacial score (nSPS) is 14.9. The van der Waals surface area contributed by atoms with Gasteiger partial charge in [-0.1, -0.05) is 28.7 Å². The quantitative estimate of drug-likeness (QED) is 0.697. The minimum absolute atomic E-state index is 0.152. The Morgan fingerprint density at radius 3 is 2.62 bits per heavy atom. The van der Waals surface area contributed by atoms with Gasteiger partial charge in [0.2, 0.25) is 0 Å². The zero-order valence-electron chi connectivity index (χ0n) is 4.42. The minimum Gasteiger partial charge on any atom is -0.394 e. The molecule has 8 heavy (non-hydrogen) atoms. The Kier molecular flexibility index (Phi) is 5.79. The second-order valence-electron chi connectivity index (χ2n) is 1.43. The van der Waals surface area contributed by atoms with E-state index in [1.165, 1.54) is 0 Å². The summed E-state index contributed by atoms with van der Waals surface area (Å²) >= 11 is 2.06. The first kappa shape index (κ1) is 8.39. The first-order chi connectivity index (χ1) is 3.81. The van der Waals surface area contributed by atoms with E-state index in [1.54, 1.807) is 6.08 Å². The molecule has 0 aromatic carbocycles. The van der Waals surface area contributed by atoms with E-state index >= 15 is 0 Å². The van der Waals surface area contributed by atoms with Gasteiger partial charge < -0.3 is 10.2 Å². The molecule has 0 amide bonds. The third-order valence-electron chi connectivity index (χ3n) is 0.708. The zero-order valence-corrected chi connectivity index (χ0v) is 6.58. The number of aliphatic hydroxyl groups excluding tert-OH is 2. The summed E-state index contributed by atoms with van der Waals surface area (Å²) in [5, 5.41) is 17.0. The van der Waals surface area contributed by atoms with Gasteiger partial charge in [-0.2, -0.15) is 0 Å². The van der Waals surface area contributed by atoms with Gasteiger partial charge in [0.1, 0.15) is 0 Å². The van der Waals surface area contributed by atoms with Crippen LogP contribution in [0.3, 0.4) is 0 Å². The molecule has 1 atom stereocenters. The lowest BCUT2D eigenvalue weighted by atomic mass is 10.3. The van der Waals surface area contributed by atoms with Crippen molar-refractivity contribution < 1.29 is 10.2 Å².